The van der Waals surface area contributed by atoms with Gasteiger partial charge in [0.25, 0.3) is 6.61 Å². The lowest BCUT2D eigenvalue weighted by Gasteiger charge is -2.07. The molecule has 0 saturated heterocycles. The first-order valence-electron chi connectivity index (χ1n) is 9.04. The van der Waals surface area contributed by atoms with Crippen LogP contribution in [0.1, 0.15) is 25.4 Å². The van der Waals surface area contributed by atoms with Crippen LogP contribution in [0.15, 0.2) is 39.2 Å². The van der Waals surface area contributed by atoms with Gasteiger partial charge in [-0.1, -0.05) is 6.07 Å². The number of aryl methyl sites for hydroxylation is 2. The van der Waals surface area contributed by atoms with Crippen molar-refractivity contribution >= 4 is 10.8 Å². The molecule has 0 amide bonds. The molecule has 0 saturated carbocycles. The minimum atomic E-state index is 0.0980. The van der Waals surface area contributed by atoms with Crippen molar-refractivity contribution in [1.82, 2.24) is 0 Å². The number of fused-ring (bicyclic) bond motifs is 1. The van der Waals surface area contributed by atoms with Gasteiger partial charge in [0.05, 0.1) is 25.2 Å². The van der Waals surface area contributed by atoms with Crippen molar-refractivity contribution in [2.24, 2.45) is 0 Å². The summed E-state index contributed by atoms with van der Waals surface area (Å²) in [6, 6.07) is 9.20. The number of hydrogen-bond acceptors (Lipinski definition) is 4. The summed E-state index contributed by atoms with van der Waals surface area (Å²) in [5.74, 6) is 2.82. The third-order valence-electron chi connectivity index (χ3n) is 4.44. The van der Waals surface area contributed by atoms with Crippen molar-refractivity contribution in [3.63, 3.8) is 0 Å². The highest BCUT2D eigenvalue weighted by Gasteiger charge is 2.20. The Hall–Kier alpha value is -2.95. The molecule has 0 bridgehead atoms. The third-order valence-corrected chi connectivity index (χ3v) is 4.44. The van der Waals surface area contributed by atoms with Gasteiger partial charge < -0.3 is 19.0 Å². The summed E-state index contributed by atoms with van der Waals surface area (Å²) in [7, 11) is 1.53. The predicted octanol–water partition coefficient (Wildman–Crippen LogP) is 4.75. The van der Waals surface area contributed by atoms with E-state index in [1.54, 1.807) is 12.1 Å². The molecule has 0 spiro atoms. The highest BCUT2D eigenvalue weighted by Crippen LogP contribution is 2.36. The van der Waals surface area contributed by atoms with Crippen LogP contribution in [0.4, 0.5) is 0 Å². The number of ether oxygens (including phenoxy) is 2. The molecule has 142 valence electrons. The van der Waals surface area contributed by atoms with Gasteiger partial charge in [0, 0.05) is 6.92 Å². The lowest BCUT2D eigenvalue weighted by Crippen LogP contribution is -2.01. The monoisotopic (exact) mass is 369 g/mol. The molecule has 0 aliphatic rings. The highest BCUT2D eigenvalue weighted by molar-refractivity contribution is 5.93. The van der Waals surface area contributed by atoms with Crippen LogP contribution < -0.4 is 14.9 Å². The lowest BCUT2D eigenvalue weighted by atomic mass is 10.1. The quantitative estimate of drug-likeness (QED) is 0.660. The Morgan fingerprint density at radius 2 is 1.67 bits per heavy atom. The van der Waals surface area contributed by atoms with Crippen molar-refractivity contribution < 1.29 is 19.0 Å². The van der Waals surface area contributed by atoms with Crippen LogP contribution in [0.3, 0.4) is 0 Å². The molecule has 3 aromatic rings. The zero-order valence-electron chi connectivity index (χ0n) is 16.4. The predicted molar refractivity (Wildman–Crippen MR) is 107 cm³/mol. The first-order valence-corrected chi connectivity index (χ1v) is 9.04. The van der Waals surface area contributed by atoms with Crippen molar-refractivity contribution in [3.05, 3.63) is 51.7 Å². The zero-order valence-corrected chi connectivity index (χ0v) is 16.4. The maximum absolute atomic E-state index is 9.92. The van der Waals surface area contributed by atoms with Gasteiger partial charge in [-0.2, -0.15) is 0 Å². The van der Waals surface area contributed by atoms with Crippen LogP contribution in [0.5, 0.6) is 17.2 Å². The van der Waals surface area contributed by atoms with Gasteiger partial charge in [-0.25, -0.2) is 0 Å². The second-order valence-corrected chi connectivity index (χ2v) is 6.19. The van der Waals surface area contributed by atoms with E-state index in [2.05, 4.69) is 0 Å². The summed E-state index contributed by atoms with van der Waals surface area (Å²) in [5, 5.41) is 11.7. The number of phenolic OH excluding ortho intramolecular Hbond substituents is 1. The number of methoxy groups -OCH3 is 1. The second kappa shape index (κ2) is 7.74. The Balaban J connectivity index is 2.43. The molecule has 1 aromatic heterocycles. The van der Waals surface area contributed by atoms with Crippen molar-refractivity contribution in [1.29, 1.82) is 0 Å². The van der Waals surface area contributed by atoms with Crippen molar-refractivity contribution in [2.75, 3.05) is 20.3 Å². The van der Waals surface area contributed by atoms with Gasteiger partial charge in [0.1, 0.15) is 22.7 Å². The highest BCUT2D eigenvalue weighted by atomic mass is 16.5. The van der Waals surface area contributed by atoms with Gasteiger partial charge in [-0.3, -0.25) is 4.42 Å². The minimum absolute atomic E-state index is 0.0980. The molecule has 2 aromatic carbocycles. The molecule has 0 radical (unpaired) electrons. The first-order chi connectivity index (χ1) is 13.0. The maximum atomic E-state index is 9.92. The summed E-state index contributed by atoms with van der Waals surface area (Å²) in [5.41, 5.74) is 2.52. The SMILES string of the molecule is CCOc1cc(-c2ccc(O)c(OC)c2)cc(=[O+]CC)c2c(C)oc(C)c12. The summed E-state index contributed by atoms with van der Waals surface area (Å²) in [6.45, 7) is 8.82. The molecule has 3 rings (SSSR count). The molecule has 0 fully saturated rings. The molecule has 0 aliphatic carbocycles. The molecule has 5 heteroatoms. The fourth-order valence-electron chi connectivity index (χ4n) is 3.31. The van der Waals surface area contributed by atoms with Crippen LogP contribution in [0.25, 0.3) is 21.9 Å². The fraction of sp³-hybridized carbons (Fsp3) is 0.318. The Labute approximate surface area is 158 Å². The molecule has 0 atom stereocenters. The van der Waals surface area contributed by atoms with E-state index < -0.39 is 0 Å². The van der Waals surface area contributed by atoms with Gasteiger partial charge in [0.15, 0.2) is 11.5 Å². The number of rotatable bonds is 5. The van der Waals surface area contributed by atoms with E-state index in [1.165, 1.54) is 7.11 Å². The van der Waals surface area contributed by atoms with E-state index in [9.17, 15) is 5.11 Å². The third kappa shape index (κ3) is 3.50. The molecule has 27 heavy (non-hydrogen) atoms. The van der Waals surface area contributed by atoms with E-state index in [0.29, 0.717) is 19.0 Å². The fourth-order valence-corrected chi connectivity index (χ4v) is 3.31. The lowest BCUT2D eigenvalue weighted by molar-refractivity contribution is 0.344. The Morgan fingerprint density at radius 3 is 2.33 bits per heavy atom. The van der Waals surface area contributed by atoms with E-state index in [0.717, 1.165) is 44.6 Å². The van der Waals surface area contributed by atoms with Crippen LogP contribution in [0, 0.1) is 13.8 Å². The van der Waals surface area contributed by atoms with E-state index in [4.69, 9.17) is 18.3 Å². The molecular formula is C22H25O5+. The number of aromatic hydroxyl groups is 1. The number of furan rings is 1. The van der Waals surface area contributed by atoms with Crippen LogP contribution >= 0.6 is 0 Å². The van der Waals surface area contributed by atoms with Crippen LogP contribution in [-0.4, -0.2) is 25.4 Å². The molecule has 0 aliphatic heterocycles. The summed E-state index contributed by atoms with van der Waals surface area (Å²) in [4.78, 5) is 0. The van der Waals surface area contributed by atoms with E-state index in [-0.39, 0.29) is 5.75 Å². The smallest absolute Gasteiger partial charge is 0.355 e. The van der Waals surface area contributed by atoms with Gasteiger partial charge in [0.2, 0.25) is 0 Å². The largest absolute Gasteiger partial charge is 0.504 e. The van der Waals surface area contributed by atoms with Crippen LogP contribution in [-0.2, 0) is 0 Å². The molecule has 1 heterocycles. The minimum Gasteiger partial charge on any atom is -0.504 e. The number of phenols is 1. The van der Waals surface area contributed by atoms with Gasteiger partial charge in [-0.05, 0) is 50.1 Å². The topological polar surface area (TPSA) is 63.1 Å². The average molecular weight is 369 g/mol. The van der Waals surface area contributed by atoms with Gasteiger partial charge >= 0.3 is 5.43 Å². The summed E-state index contributed by atoms with van der Waals surface area (Å²) < 4.78 is 23.0. The van der Waals surface area contributed by atoms with E-state index in [1.807, 2.05) is 45.9 Å². The molecule has 5 nitrogen and oxygen atoms in total. The van der Waals surface area contributed by atoms with Crippen LogP contribution in [0.2, 0.25) is 0 Å². The van der Waals surface area contributed by atoms with Gasteiger partial charge in [-0.15, -0.1) is 0 Å². The Kier molecular flexibility index (Phi) is 5.40. The Morgan fingerprint density at radius 1 is 0.963 bits per heavy atom. The molecule has 0 unspecified atom stereocenters. The maximum Gasteiger partial charge on any atom is 0.355 e. The summed E-state index contributed by atoms with van der Waals surface area (Å²) >= 11 is 0. The Bertz CT molecular complexity index is 1050. The first kappa shape index (κ1) is 18.8. The average Bonchev–Trinajstić information content (AvgIpc) is 2.83. The normalized spacial score (nSPS) is 11.8. The summed E-state index contributed by atoms with van der Waals surface area (Å²) in [6.07, 6.45) is 0. The number of hydrogen-bond donors (Lipinski definition) is 1. The molecule has 1 N–H and O–H groups in total. The van der Waals surface area contributed by atoms with E-state index >= 15 is 0 Å². The standard InChI is InChI=1S/C22H24O5/c1-6-25-19-11-16(15-8-9-17(23)18(10-15)24-5)12-20(26-7-2)22-14(4)27-13(3)21(19)22/h8-12H,6-7H2,1-5H3/p+1. The second-order valence-electron chi connectivity index (χ2n) is 6.19. The number of benzene rings is 1. The van der Waals surface area contributed by atoms with Crippen molar-refractivity contribution in [3.8, 4) is 28.4 Å². The van der Waals surface area contributed by atoms with Crippen molar-refractivity contribution in [2.45, 2.75) is 27.7 Å². The molecular weight excluding hydrogens is 344 g/mol. The zero-order chi connectivity index (χ0) is 19.6.